The van der Waals surface area contributed by atoms with Gasteiger partial charge in [-0.05, 0) is 51.7 Å². The lowest BCUT2D eigenvalue weighted by atomic mass is 9.95. The summed E-state index contributed by atoms with van der Waals surface area (Å²) >= 11 is 0. The molecule has 1 aliphatic carbocycles. The van der Waals surface area contributed by atoms with Crippen LogP contribution in [0.15, 0.2) is 42.6 Å². The Labute approximate surface area is 230 Å². The fourth-order valence-corrected chi connectivity index (χ4v) is 6.24. The second-order valence-electron chi connectivity index (χ2n) is 10.3. The van der Waals surface area contributed by atoms with Gasteiger partial charge in [0.1, 0.15) is 36.2 Å². The molecular weight excluding hydrogens is 552 g/mol. The van der Waals surface area contributed by atoms with Crippen molar-refractivity contribution in [2.45, 2.75) is 88.2 Å². The van der Waals surface area contributed by atoms with Crippen LogP contribution >= 0.6 is 7.75 Å². The van der Waals surface area contributed by atoms with Gasteiger partial charge in [0.2, 0.25) is 12.3 Å². The first-order chi connectivity index (χ1) is 18.8. The highest BCUT2D eigenvalue weighted by Gasteiger charge is 2.65. The van der Waals surface area contributed by atoms with E-state index in [4.69, 9.17) is 18.5 Å². The third-order valence-corrected chi connectivity index (χ3v) is 8.56. The maximum atomic E-state index is 16.0. The molecule has 222 valence electrons. The average molecular weight is 588 g/mol. The Balaban J connectivity index is 1.49. The smallest absolute Gasteiger partial charge is 0.459 e. The number of benzene rings is 1. The molecule has 2 heterocycles. The number of nitrogens with one attached hydrogen (secondary N) is 2. The van der Waals surface area contributed by atoms with Gasteiger partial charge < -0.3 is 39.5 Å². The molecule has 40 heavy (non-hydrogen) atoms. The van der Waals surface area contributed by atoms with E-state index in [0.29, 0.717) is 0 Å². The fraction of sp³-hybridized carbons (Fsp3) is 0.600. The largest absolute Gasteiger partial charge is 0.461 e. The molecule has 3 aliphatic rings. The molecule has 0 bridgehead atoms. The van der Waals surface area contributed by atoms with Crippen LogP contribution in [0.1, 0.15) is 46.0 Å². The van der Waals surface area contributed by atoms with E-state index in [9.17, 15) is 29.5 Å². The molecule has 2 aliphatic heterocycles. The molecular formula is C25H35FN3O10P. The minimum absolute atomic E-state index is 0.0779. The van der Waals surface area contributed by atoms with Crippen molar-refractivity contribution in [3.8, 4) is 5.75 Å². The summed E-state index contributed by atoms with van der Waals surface area (Å²) in [5.74, 6) is -4.42. The number of para-hydroxylation sites is 1. The summed E-state index contributed by atoms with van der Waals surface area (Å²) in [5, 5.41) is 36.3. The van der Waals surface area contributed by atoms with Crippen LogP contribution in [-0.4, -0.2) is 81.0 Å². The van der Waals surface area contributed by atoms with Crippen molar-refractivity contribution >= 4 is 19.6 Å². The van der Waals surface area contributed by atoms with Crippen LogP contribution in [0, 0.1) is 0 Å². The van der Waals surface area contributed by atoms with Gasteiger partial charge in [-0.3, -0.25) is 14.1 Å². The number of amides is 1. The Morgan fingerprint density at radius 1 is 1.27 bits per heavy atom. The Kier molecular flexibility index (Phi) is 9.20. The van der Waals surface area contributed by atoms with E-state index in [1.54, 1.807) is 18.2 Å². The number of nitrogens with zero attached hydrogens (tertiary/aromatic N) is 1. The Bertz CT molecular complexity index is 1140. The summed E-state index contributed by atoms with van der Waals surface area (Å²) in [6.45, 7) is 1.23. The lowest BCUT2D eigenvalue weighted by Gasteiger charge is -2.38. The first-order valence-electron chi connectivity index (χ1n) is 13.0. The highest BCUT2D eigenvalue weighted by molar-refractivity contribution is 7.52. The number of aliphatic hydroxyl groups is 3. The van der Waals surface area contributed by atoms with Crippen molar-refractivity contribution in [1.82, 2.24) is 15.3 Å². The van der Waals surface area contributed by atoms with Crippen molar-refractivity contribution in [3.05, 3.63) is 42.6 Å². The van der Waals surface area contributed by atoms with Crippen LogP contribution in [0.3, 0.4) is 0 Å². The number of ether oxygens (including phenoxy) is 2. The van der Waals surface area contributed by atoms with Crippen LogP contribution in [0.2, 0.25) is 0 Å². The second-order valence-corrected chi connectivity index (χ2v) is 11.9. The first kappa shape index (κ1) is 30.4. The normalized spacial score (nSPS) is 33.2. The van der Waals surface area contributed by atoms with Gasteiger partial charge in [0.25, 0.3) is 5.85 Å². The Hall–Kier alpha value is -2.58. The molecule has 1 aromatic carbocycles. The molecule has 1 amide bonds. The zero-order valence-electron chi connectivity index (χ0n) is 22.1. The van der Waals surface area contributed by atoms with E-state index >= 15 is 4.39 Å². The molecule has 13 nitrogen and oxygen atoms in total. The highest BCUT2D eigenvalue weighted by Crippen LogP contribution is 2.49. The summed E-state index contributed by atoms with van der Waals surface area (Å²) in [6.07, 6.45) is 0.508. The average Bonchev–Trinajstić information content (AvgIpc) is 3.09. The van der Waals surface area contributed by atoms with E-state index < -0.39 is 62.4 Å². The quantitative estimate of drug-likeness (QED) is 0.197. The third-order valence-electron chi connectivity index (χ3n) is 6.93. The number of aliphatic hydroxyl groups excluding tert-OH is 2. The number of halogens is 1. The van der Waals surface area contributed by atoms with Crippen molar-refractivity contribution < 1.29 is 52.4 Å². The number of carbonyl (C=O) groups is 2. The van der Waals surface area contributed by atoms with Gasteiger partial charge in [0.05, 0.1) is 0 Å². The molecule has 1 aromatic rings. The van der Waals surface area contributed by atoms with Crippen LogP contribution < -0.4 is 14.9 Å². The summed E-state index contributed by atoms with van der Waals surface area (Å²) in [4.78, 5) is 25.1. The fourth-order valence-electron chi connectivity index (χ4n) is 4.73. The molecule has 2 unspecified atom stereocenters. The van der Waals surface area contributed by atoms with Crippen LogP contribution in [0.5, 0.6) is 5.75 Å². The topological polar surface area (TPSA) is 176 Å². The van der Waals surface area contributed by atoms with Crippen molar-refractivity contribution in [2.24, 2.45) is 0 Å². The summed E-state index contributed by atoms with van der Waals surface area (Å²) < 4.78 is 51.5. The van der Waals surface area contributed by atoms with E-state index in [2.05, 4.69) is 10.4 Å². The molecule has 4 rings (SSSR count). The van der Waals surface area contributed by atoms with Crippen molar-refractivity contribution in [2.75, 3.05) is 6.61 Å². The number of rotatable bonds is 10. The van der Waals surface area contributed by atoms with E-state index in [-0.39, 0.29) is 11.9 Å². The molecule has 1 saturated carbocycles. The summed E-state index contributed by atoms with van der Waals surface area (Å²) in [7, 11) is -4.54. The number of carbonyl (C=O) groups excluding carboxylic acids is 2. The molecule has 5 N–H and O–H groups in total. The minimum atomic E-state index is -4.54. The number of esters is 1. The van der Waals surface area contributed by atoms with Crippen LogP contribution in [0.4, 0.5) is 4.39 Å². The minimum Gasteiger partial charge on any atom is -0.461 e. The van der Waals surface area contributed by atoms with Gasteiger partial charge in [-0.15, -0.1) is 0 Å². The van der Waals surface area contributed by atoms with Gasteiger partial charge in [-0.25, -0.2) is 8.96 Å². The monoisotopic (exact) mass is 587 g/mol. The molecule has 1 saturated heterocycles. The van der Waals surface area contributed by atoms with Gasteiger partial charge >= 0.3 is 13.7 Å². The predicted octanol–water partition coefficient (Wildman–Crippen LogP) is 1.40. The SMILES string of the molecule is C[C@H](NP(=O)(OC[C@@]1(F)O[C@@H](N2C=CC(=O)NC2O)[C@](C)(O)[C@@H]1O)Oc1ccccc1)C(=O)OC1CCCCC1. The van der Waals surface area contributed by atoms with Gasteiger partial charge in [-0.2, -0.15) is 5.09 Å². The van der Waals surface area contributed by atoms with Crippen molar-refractivity contribution in [3.63, 3.8) is 0 Å². The van der Waals surface area contributed by atoms with Crippen molar-refractivity contribution in [1.29, 1.82) is 0 Å². The lowest BCUT2D eigenvalue weighted by molar-refractivity contribution is -0.226. The number of alkyl halides is 1. The van der Waals surface area contributed by atoms with E-state index in [1.165, 1.54) is 19.1 Å². The first-order valence-corrected chi connectivity index (χ1v) is 14.6. The number of hydrogen-bond donors (Lipinski definition) is 5. The maximum Gasteiger partial charge on any atom is 0.459 e. The van der Waals surface area contributed by atoms with Crippen LogP contribution in [0.25, 0.3) is 0 Å². The zero-order chi connectivity index (χ0) is 29.1. The predicted molar refractivity (Wildman–Crippen MR) is 137 cm³/mol. The number of hydrogen-bond acceptors (Lipinski definition) is 11. The Morgan fingerprint density at radius 2 is 1.95 bits per heavy atom. The van der Waals surface area contributed by atoms with E-state index in [0.717, 1.165) is 56.2 Å². The summed E-state index contributed by atoms with van der Waals surface area (Å²) in [6, 6.07) is 6.62. The van der Waals surface area contributed by atoms with Gasteiger partial charge in [0, 0.05) is 12.3 Å². The molecule has 2 fully saturated rings. The summed E-state index contributed by atoms with van der Waals surface area (Å²) in [5.41, 5.74) is -2.33. The second kappa shape index (κ2) is 12.1. The van der Waals surface area contributed by atoms with Gasteiger partial charge in [0.15, 0.2) is 6.23 Å². The molecule has 0 radical (unpaired) electrons. The standard InChI is InChI=1S/C25H35FN3O10P/c1-16(20(31)37-17-9-5-3-6-10-17)28-40(35,39-18-11-7-4-8-12-18)36-15-25(26)21(32)24(2,34)22(38-25)29-14-13-19(30)27-23(29)33/h4,7-8,11-14,16-17,21-23,32-34H,3,5-6,9-10,15H2,1-2H3,(H,27,30)(H,28,35)/t16-,21-,22+,23?,24+,25+,40?/m0/s1. The Morgan fingerprint density at radius 3 is 2.60 bits per heavy atom. The lowest BCUT2D eigenvalue weighted by Crippen LogP contribution is -2.59. The zero-order valence-corrected chi connectivity index (χ0v) is 23.0. The molecule has 0 aromatic heterocycles. The van der Waals surface area contributed by atoms with Crippen LogP contribution in [-0.2, 0) is 28.2 Å². The van der Waals surface area contributed by atoms with E-state index in [1.807, 2.05) is 0 Å². The maximum absolute atomic E-state index is 16.0. The third kappa shape index (κ3) is 6.82. The molecule has 15 heteroatoms. The van der Waals surface area contributed by atoms with Gasteiger partial charge in [-0.1, -0.05) is 24.6 Å². The molecule has 7 atom stereocenters. The highest BCUT2D eigenvalue weighted by atomic mass is 31.2. The molecule has 0 spiro atoms.